The van der Waals surface area contributed by atoms with Crippen molar-refractivity contribution in [2.45, 2.75) is 0 Å². The maximum Gasteiger partial charge on any atom is 0.164 e. The molecule has 10 nitrogen and oxygen atoms in total. The van der Waals surface area contributed by atoms with Crippen LogP contribution >= 0.6 is 0 Å². The smallest absolute Gasteiger partial charge is 0.164 e. The number of fused-ring (bicyclic) bond motifs is 6. The van der Waals surface area contributed by atoms with E-state index in [4.69, 9.17) is 34.9 Å². The van der Waals surface area contributed by atoms with E-state index < -0.39 is 0 Å². The highest BCUT2D eigenvalue weighted by molar-refractivity contribution is 6.12. The van der Waals surface area contributed by atoms with E-state index in [-0.39, 0.29) is 0 Å². The topological polar surface area (TPSA) is 124 Å². The number of para-hydroxylation sites is 2. The Hall–Kier alpha value is -10.8. The van der Waals surface area contributed by atoms with Gasteiger partial charge in [0.15, 0.2) is 34.9 Å². The highest BCUT2D eigenvalue weighted by Crippen LogP contribution is 2.40. The van der Waals surface area contributed by atoms with Crippen LogP contribution in [0.3, 0.4) is 0 Å². The maximum absolute atomic E-state index is 10.4. The van der Waals surface area contributed by atoms with Gasteiger partial charge in [0.1, 0.15) is 0 Å². The molecule has 14 rings (SSSR count). The lowest BCUT2D eigenvalue weighted by Crippen LogP contribution is -2.01. The van der Waals surface area contributed by atoms with Crippen molar-refractivity contribution in [2.75, 3.05) is 0 Å². The van der Waals surface area contributed by atoms with Gasteiger partial charge < -0.3 is 9.13 Å². The molecular formula is C66H40N10. The second kappa shape index (κ2) is 18.4. The zero-order chi connectivity index (χ0) is 50.5. The summed E-state index contributed by atoms with van der Waals surface area (Å²) < 4.78 is 4.55. The lowest BCUT2D eigenvalue weighted by atomic mass is 10.0. The first-order valence-electron chi connectivity index (χ1n) is 24.9. The van der Waals surface area contributed by atoms with Crippen LogP contribution in [0.15, 0.2) is 243 Å². The molecule has 0 spiro atoms. The minimum Gasteiger partial charge on any atom is -0.309 e. The third-order valence-electron chi connectivity index (χ3n) is 13.9. The lowest BCUT2D eigenvalue weighted by Gasteiger charge is -2.15. The summed E-state index contributed by atoms with van der Waals surface area (Å²) in [7, 11) is 0. The highest BCUT2D eigenvalue weighted by atomic mass is 15.1. The molecular weight excluding hydrogens is 933 g/mol. The largest absolute Gasteiger partial charge is 0.309 e. The predicted octanol–water partition coefficient (Wildman–Crippen LogP) is 15.2. The van der Waals surface area contributed by atoms with Gasteiger partial charge in [0.2, 0.25) is 0 Å². The third-order valence-corrected chi connectivity index (χ3v) is 13.9. The van der Waals surface area contributed by atoms with Crippen molar-refractivity contribution in [3.8, 4) is 97.0 Å². The zero-order valence-corrected chi connectivity index (χ0v) is 40.6. The fraction of sp³-hybridized carbons (Fsp3) is 0. The predicted molar refractivity (Wildman–Crippen MR) is 302 cm³/mol. The van der Waals surface area contributed by atoms with Crippen molar-refractivity contribution in [3.63, 3.8) is 0 Å². The first-order chi connectivity index (χ1) is 37.6. The van der Waals surface area contributed by atoms with Crippen LogP contribution in [0.25, 0.3) is 135 Å². The van der Waals surface area contributed by atoms with Crippen molar-refractivity contribution in [2.24, 2.45) is 0 Å². The summed E-state index contributed by atoms with van der Waals surface area (Å²) in [5.74, 6) is 3.58. The zero-order valence-electron chi connectivity index (χ0n) is 40.6. The quantitative estimate of drug-likeness (QED) is 0.140. The molecule has 0 saturated heterocycles. The molecule has 0 aliphatic heterocycles. The normalized spacial score (nSPS) is 11.4. The number of nitrogens with zero attached hydrogens (tertiary/aromatic N) is 10. The SMILES string of the molecule is N#Cc1ccc(-n2c3ccccc3c3cc(-c4nc(-c5ccccc5)nc(-c5ccccc5)n4)ccc32)c(-c2cc(-n3c4ccccc4c4cc(-c5nc(-c6ccccc6)nc(-c6ccccc6)n5)ccc43)ccn2)c1. The Morgan fingerprint density at radius 2 is 0.711 bits per heavy atom. The van der Waals surface area contributed by atoms with E-state index in [0.717, 1.165) is 93.9 Å². The second-order valence-corrected chi connectivity index (χ2v) is 18.5. The van der Waals surface area contributed by atoms with Crippen LogP contribution in [0, 0.1) is 11.3 Å². The molecule has 9 aromatic carbocycles. The monoisotopic (exact) mass is 972 g/mol. The van der Waals surface area contributed by atoms with Gasteiger partial charge in [-0.25, -0.2) is 29.9 Å². The van der Waals surface area contributed by atoms with Gasteiger partial charge in [-0.3, -0.25) is 4.98 Å². The van der Waals surface area contributed by atoms with E-state index in [1.807, 2.05) is 152 Å². The standard InChI is InChI=1S/C66H40N10/c67-41-42-29-32-60(76-57-28-16-14-26-51(57)53-39-48(31-34-59(53)76)66-73-63(45-21-9-3-10-22-45)70-64(74-66)46-23-11-4-12-24-46)54(37-42)55-40-49(35-36-68-55)75-56-27-15-13-25-50(56)52-38-47(30-33-58(52)75)65-71-61(43-17-5-1-6-18-43)69-62(72-65)44-19-7-2-8-20-44/h1-40H. The number of hydrogen-bond donors (Lipinski definition) is 0. The summed E-state index contributed by atoms with van der Waals surface area (Å²) in [5, 5.41) is 14.6. The molecule has 0 bridgehead atoms. The molecule has 0 unspecified atom stereocenters. The summed E-state index contributed by atoms with van der Waals surface area (Å²) in [6.07, 6.45) is 1.85. The molecule has 0 saturated carbocycles. The second-order valence-electron chi connectivity index (χ2n) is 18.5. The number of pyridine rings is 1. The summed E-state index contributed by atoms with van der Waals surface area (Å²) in [6, 6.07) is 82.2. The Labute approximate surface area is 436 Å². The van der Waals surface area contributed by atoms with E-state index in [1.165, 1.54) is 0 Å². The summed E-state index contributed by atoms with van der Waals surface area (Å²) >= 11 is 0. The number of nitriles is 1. The molecule has 0 aliphatic carbocycles. The Morgan fingerprint density at radius 3 is 1.17 bits per heavy atom. The average molecular weight is 973 g/mol. The van der Waals surface area contributed by atoms with Gasteiger partial charge in [0.05, 0.1) is 45.1 Å². The molecule has 10 heteroatoms. The van der Waals surface area contributed by atoms with E-state index in [1.54, 1.807) is 0 Å². The van der Waals surface area contributed by atoms with Crippen LogP contribution in [0.4, 0.5) is 0 Å². The van der Waals surface area contributed by atoms with Gasteiger partial charge in [0, 0.05) is 72.4 Å². The minimum absolute atomic E-state index is 0.529. The molecule has 354 valence electrons. The number of hydrogen-bond acceptors (Lipinski definition) is 8. The molecule has 14 aromatic rings. The van der Waals surface area contributed by atoms with E-state index in [9.17, 15) is 5.26 Å². The number of rotatable bonds is 9. The van der Waals surface area contributed by atoms with E-state index in [2.05, 4.69) is 106 Å². The first kappa shape index (κ1) is 44.0. The Kier molecular flexibility index (Phi) is 10.6. The van der Waals surface area contributed by atoms with Crippen molar-refractivity contribution in [1.82, 2.24) is 44.0 Å². The lowest BCUT2D eigenvalue weighted by molar-refractivity contribution is 1.07. The first-order valence-corrected chi connectivity index (χ1v) is 24.9. The van der Waals surface area contributed by atoms with Crippen LogP contribution < -0.4 is 0 Å². The van der Waals surface area contributed by atoms with Gasteiger partial charge in [-0.2, -0.15) is 5.26 Å². The Balaban J connectivity index is 0.900. The highest BCUT2D eigenvalue weighted by Gasteiger charge is 2.22. The van der Waals surface area contributed by atoms with Gasteiger partial charge in [-0.15, -0.1) is 0 Å². The molecule has 0 amide bonds. The Bertz CT molecular complexity index is 4470. The molecule has 0 aliphatic rings. The molecule has 0 fully saturated rings. The molecule has 0 N–H and O–H groups in total. The van der Waals surface area contributed by atoms with Crippen molar-refractivity contribution in [1.29, 1.82) is 5.26 Å². The van der Waals surface area contributed by atoms with Crippen LogP contribution in [-0.4, -0.2) is 44.0 Å². The summed E-state index contributed by atoms with van der Waals surface area (Å²) in [6.45, 7) is 0. The number of aromatic nitrogens is 9. The summed E-state index contributed by atoms with van der Waals surface area (Å²) in [5.41, 5.74) is 13.3. The van der Waals surface area contributed by atoms with Gasteiger partial charge in [-0.05, 0) is 78.9 Å². The van der Waals surface area contributed by atoms with Crippen LogP contribution in [0.1, 0.15) is 5.56 Å². The van der Waals surface area contributed by atoms with Crippen molar-refractivity contribution < 1.29 is 0 Å². The van der Waals surface area contributed by atoms with Gasteiger partial charge in [-0.1, -0.05) is 158 Å². The van der Waals surface area contributed by atoms with Crippen LogP contribution in [0.2, 0.25) is 0 Å². The minimum atomic E-state index is 0.529. The molecule has 0 radical (unpaired) electrons. The molecule has 5 aromatic heterocycles. The van der Waals surface area contributed by atoms with Gasteiger partial charge >= 0.3 is 0 Å². The van der Waals surface area contributed by atoms with Crippen LogP contribution in [-0.2, 0) is 0 Å². The molecule has 0 atom stereocenters. The Morgan fingerprint density at radius 1 is 0.316 bits per heavy atom. The fourth-order valence-corrected chi connectivity index (χ4v) is 10.3. The molecule has 76 heavy (non-hydrogen) atoms. The van der Waals surface area contributed by atoms with Crippen LogP contribution in [0.5, 0.6) is 0 Å². The van der Waals surface area contributed by atoms with Gasteiger partial charge in [0.25, 0.3) is 0 Å². The van der Waals surface area contributed by atoms with Crippen molar-refractivity contribution in [3.05, 3.63) is 248 Å². The van der Waals surface area contributed by atoms with Crippen molar-refractivity contribution >= 4 is 43.6 Å². The van der Waals surface area contributed by atoms with E-state index >= 15 is 0 Å². The fourth-order valence-electron chi connectivity index (χ4n) is 10.3. The third kappa shape index (κ3) is 7.71. The molecule has 5 heterocycles. The maximum atomic E-state index is 10.4. The van der Waals surface area contributed by atoms with E-state index in [0.29, 0.717) is 46.2 Å². The number of benzene rings is 9. The summed E-state index contributed by atoms with van der Waals surface area (Å²) in [4.78, 5) is 35.1. The average Bonchev–Trinajstić information content (AvgIpc) is 4.03.